The van der Waals surface area contributed by atoms with Crippen LogP contribution in [0.4, 0.5) is 5.82 Å². The lowest BCUT2D eigenvalue weighted by Gasteiger charge is -2.13. The third-order valence-electron chi connectivity index (χ3n) is 3.26. The summed E-state index contributed by atoms with van der Waals surface area (Å²) >= 11 is 0. The van der Waals surface area contributed by atoms with Crippen molar-refractivity contribution in [3.8, 4) is 0 Å². The van der Waals surface area contributed by atoms with Gasteiger partial charge in [0.15, 0.2) is 0 Å². The molecule has 1 heterocycles. The normalized spacial score (nSPS) is 22.9. The molecule has 2 unspecified atom stereocenters. The van der Waals surface area contributed by atoms with E-state index in [0.717, 1.165) is 6.42 Å². The Hall–Kier alpha value is -1.85. The molecule has 1 aliphatic rings. The van der Waals surface area contributed by atoms with Gasteiger partial charge in [0.1, 0.15) is 11.6 Å². The third kappa shape index (κ3) is 2.88. The fourth-order valence-corrected chi connectivity index (χ4v) is 2.30. The Morgan fingerprint density at radius 1 is 1.61 bits per heavy atom. The van der Waals surface area contributed by atoms with Gasteiger partial charge < -0.3 is 15.4 Å². The van der Waals surface area contributed by atoms with Crippen molar-refractivity contribution in [3.63, 3.8) is 0 Å². The van der Waals surface area contributed by atoms with E-state index in [4.69, 9.17) is 5.11 Å². The maximum atomic E-state index is 11.4. The zero-order valence-corrected chi connectivity index (χ0v) is 10.3. The molecular weight excluding hydrogens is 234 g/mol. The number of rotatable bonds is 4. The maximum absolute atomic E-state index is 11.4. The highest BCUT2D eigenvalue weighted by atomic mass is 16.4. The van der Waals surface area contributed by atoms with Crippen molar-refractivity contribution in [2.45, 2.75) is 38.6 Å². The molecule has 98 valence electrons. The number of aromatic amines is 1. The van der Waals surface area contributed by atoms with Crippen LogP contribution < -0.4 is 10.9 Å². The molecule has 6 nitrogen and oxygen atoms in total. The van der Waals surface area contributed by atoms with Gasteiger partial charge in [0.05, 0.1) is 5.92 Å². The lowest BCUT2D eigenvalue weighted by molar-refractivity contribution is -0.141. The third-order valence-corrected chi connectivity index (χ3v) is 3.26. The molecule has 0 spiro atoms. The minimum atomic E-state index is -0.743. The summed E-state index contributed by atoms with van der Waals surface area (Å²) in [6, 6.07) is 1.50. The summed E-state index contributed by atoms with van der Waals surface area (Å²) in [5, 5.41) is 12.1. The lowest BCUT2D eigenvalue weighted by atomic mass is 10.1. The lowest BCUT2D eigenvalue weighted by Crippen LogP contribution is -2.21. The second-order valence-electron chi connectivity index (χ2n) is 4.62. The smallest absolute Gasteiger partial charge is 0.306 e. The van der Waals surface area contributed by atoms with Gasteiger partial charge in [-0.15, -0.1) is 0 Å². The summed E-state index contributed by atoms with van der Waals surface area (Å²) in [6.07, 6.45) is 2.72. The summed E-state index contributed by atoms with van der Waals surface area (Å²) in [5.74, 6) is 0.145. The first kappa shape index (κ1) is 12.6. The van der Waals surface area contributed by atoms with Gasteiger partial charge in [-0.1, -0.05) is 6.92 Å². The molecule has 1 aromatic heterocycles. The number of nitrogens with zero attached hydrogens (tertiary/aromatic N) is 1. The van der Waals surface area contributed by atoms with Gasteiger partial charge in [-0.05, 0) is 19.3 Å². The van der Waals surface area contributed by atoms with E-state index in [9.17, 15) is 9.59 Å². The van der Waals surface area contributed by atoms with Gasteiger partial charge in [0.2, 0.25) is 0 Å². The number of anilines is 1. The molecule has 0 saturated heterocycles. The number of H-pyrrole nitrogens is 1. The second kappa shape index (κ2) is 5.20. The van der Waals surface area contributed by atoms with Crippen LogP contribution in [-0.2, 0) is 11.2 Å². The molecule has 18 heavy (non-hydrogen) atoms. The van der Waals surface area contributed by atoms with Gasteiger partial charge in [-0.2, -0.15) is 0 Å². The number of aromatic nitrogens is 2. The Kier molecular flexibility index (Phi) is 3.64. The molecule has 0 amide bonds. The van der Waals surface area contributed by atoms with Crippen molar-refractivity contribution in [1.29, 1.82) is 0 Å². The van der Waals surface area contributed by atoms with Crippen LogP contribution in [0.15, 0.2) is 10.9 Å². The molecule has 0 radical (unpaired) electrons. The standard InChI is InChI=1S/C12H17N3O3/c1-2-9-14-10(6-11(16)15-9)13-8-4-3-7(5-8)12(17)18/h6-8H,2-5H2,1H3,(H,17,18)(H2,13,14,15,16). The molecule has 1 saturated carbocycles. The highest BCUT2D eigenvalue weighted by Crippen LogP contribution is 2.27. The Balaban J connectivity index is 2.04. The van der Waals surface area contributed by atoms with Crippen LogP contribution in [0.5, 0.6) is 0 Å². The van der Waals surface area contributed by atoms with Crippen molar-refractivity contribution in [2.24, 2.45) is 5.92 Å². The number of aliphatic carboxylic acids is 1. The Morgan fingerprint density at radius 2 is 2.39 bits per heavy atom. The first-order valence-corrected chi connectivity index (χ1v) is 6.18. The van der Waals surface area contributed by atoms with Crippen molar-refractivity contribution in [3.05, 3.63) is 22.2 Å². The van der Waals surface area contributed by atoms with Gasteiger partial charge in [0, 0.05) is 18.5 Å². The molecule has 3 N–H and O–H groups in total. The highest BCUT2D eigenvalue weighted by Gasteiger charge is 2.29. The molecule has 0 bridgehead atoms. The van der Waals surface area contributed by atoms with E-state index in [-0.39, 0.29) is 17.5 Å². The highest BCUT2D eigenvalue weighted by molar-refractivity contribution is 5.70. The number of aryl methyl sites for hydroxylation is 1. The predicted molar refractivity (Wildman–Crippen MR) is 66.6 cm³/mol. The molecule has 6 heteroatoms. The zero-order chi connectivity index (χ0) is 13.1. The Morgan fingerprint density at radius 3 is 3.00 bits per heavy atom. The van der Waals surface area contributed by atoms with E-state index < -0.39 is 5.97 Å². The van der Waals surface area contributed by atoms with Crippen LogP contribution in [0.2, 0.25) is 0 Å². The largest absolute Gasteiger partial charge is 0.481 e. The van der Waals surface area contributed by atoms with E-state index in [0.29, 0.717) is 30.9 Å². The number of carboxylic acids is 1. The van der Waals surface area contributed by atoms with Crippen LogP contribution in [0, 0.1) is 5.92 Å². The fourth-order valence-electron chi connectivity index (χ4n) is 2.30. The van der Waals surface area contributed by atoms with E-state index in [1.807, 2.05) is 6.92 Å². The first-order valence-electron chi connectivity index (χ1n) is 6.18. The van der Waals surface area contributed by atoms with Gasteiger partial charge in [0.25, 0.3) is 5.56 Å². The van der Waals surface area contributed by atoms with Crippen LogP contribution in [0.25, 0.3) is 0 Å². The van der Waals surface area contributed by atoms with Crippen molar-refractivity contribution in [1.82, 2.24) is 9.97 Å². The van der Waals surface area contributed by atoms with Gasteiger partial charge in [-0.3, -0.25) is 9.59 Å². The van der Waals surface area contributed by atoms with Crippen molar-refractivity contribution >= 4 is 11.8 Å². The van der Waals surface area contributed by atoms with E-state index in [1.165, 1.54) is 6.07 Å². The van der Waals surface area contributed by atoms with Crippen molar-refractivity contribution in [2.75, 3.05) is 5.32 Å². The fraction of sp³-hybridized carbons (Fsp3) is 0.583. The van der Waals surface area contributed by atoms with Crippen molar-refractivity contribution < 1.29 is 9.90 Å². The monoisotopic (exact) mass is 251 g/mol. The number of carboxylic acid groups (broad SMARTS) is 1. The molecule has 0 aromatic carbocycles. The van der Waals surface area contributed by atoms with Crippen LogP contribution in [-0.4, -0.2) is 27.1 Å². The molecule has 0 aliphatic heterocycles. The van der Waals surface area contributed by atoms with Gasteiger partial charge in [-0.25, -0.2) is 4.98 Å². The average molecular weight is 251 g/mol. The van der Waals surface area contributed by atoms with E-state index >= 15 is 0 Å². The molecular formula is C12H17N3O3. The summed E-state index contributed by atoms with van der Waals surface area (Å²) < 4.78 is 0. The maximum Gasteiger partial charge on any atom is 0.306 e. The zero-order valence-electron chi connectivity index (χ0n) is 10.3. The second-order valence-corrected chi connectivity index (χ2v) is 4.62. The Bertz CT molecular complexity index is 498. The quantitative estimate of drug-likeness (QED) is 0.742. The number of hydrogen-bond donors (Lipinski definition) is 3. The summed E-state index contributed by atoms with van der Waals surface area (Å²) in [7, 11) is 0. The number of hydrogen-bond acceptors (Lipinski definition) is 4. The first-order chi connectivity index (χ1) is 8.58. The SMILES string of the molecule is CCc1nc(NC2CCC(C(=O)O)C2)cc(=O)[nH]1. The van der Waals surface area contributed by atoms with Gasteiger partial charge >= 0.3 is 5.97 Å². The molecule has 2 rings (SSSR count). The summed E-state index contributed by atoms with van der Waals surface area (Å²) in [6.45, 7) is 1.91. The average Bonchev–Trinajstić information content (AvgIpc) is 2.76. The molecule has 2 atom stereocenters. The van der Waals surface area contributed by atoms with E-state index in [1.54, 1.807) is 0 Å². The Labute approximate surface area is 104 Å². The van der Waals surface area contributed by atoms with E-state index in [2.05, 4.69) is 15.3 Å². The number of nitrogens with one attached hydrogen (secondary N) is 2. The molecule has 1 aromatic rings. The summed E-state index contributed by atoms with van der Waals surface area (Å²) in [4.78, 5) is 29.2. The molecule has 1 aliphatic carbocycles. The minimum Gasteiger partial charge on any atom is -0.481 e. The van der Waals surface area contributed by atoms with Crippen LogP contribution >= 0.6 is 0 Å². The topological polar surface area (TPSA) is 95.1 Å². The minimum absolute atomic E-state index is 0.0881. The van der Waals surface area contributed by atoms with Crippen LogP contribution in [0.1, 0.15) is 32.0 Å². The number of carbonyl (C=O) groups is 1. The summed E-state index contributed by atoms with van der Waals surface area (Å²) in [5.41, 5.74) is -0.183. The molecule has 1 fully saturated rings. The van der Waals surface area contributed by atoms with Crippen LogP contribution in [0.3, 0.4) is 0 Å². The predicted octanol–water partition coefficient (Wildman–Crippen LogP) is 0.997.